The van der Waals surface area contributed by atoms with Gasteiger partial charge in [-0.2, -0.15) is 5.10 Å². The van der Waals surface area contributed by atoms with E-state index < -0.39 is 0 Å². The molecule has 2 atom stereocenters. The van der Waals surface area contributed by atoms with E-state index in [1.807, 2.05) is 12.3 Å². The summed E-state index contributed by atoms with van der Waals surface area (Å²) in [7, 11) is 0. The molecule has 30 heavy (non-hydrogen) atoms. The van der Waals surface area contributed by atoms with Crippen LogP contribution >= 0.6 is 0 Å². The van der Waals surface area contributed by atoms with Gasteiger partial charge in [-0.25, -0.2) is 4.98 Å². The van der Waals surface area contributed by atoms with Crippen molar-refractivity contribution in [3.63, 3.8) is 0 Å². The van der Waals surface area contributed by atoms with Gasteiger partial charge in [-0.3, -0.25) is 9.67 Å². The van der Waals surface area contributed by atoms with Crippen LogP contribution in [0.1, 0.15) is 50.8 Å². The molecule has 3 aromatic heterocycles. The number of H-pyrrole nitrogens is 1. The van der Waals surface area contributed by atoms with Crippen LogP contribution in [-0.4, -0.2) is 19.7 Å². The number of aromatic amines is 1. The molecule has 0 spiro atoms. The van der Waals surface area contributed by atoms with Gasteiger partial charge in [-0.05, 0) is 59.2 Å². The predicted octanol–water partition coefficient (Wildman–Crippen LogP) is 6.23. The lowest BCUT2D eigenvalue weighted by Gasteiger charge is -2.34. The maximum Gasteiger partial charge on any atom is 0.164 e. The van der Waals surface area contributed by atoms with Gasteiger partial charge in [-0.1, -0.05) is 45.0 Å². The Morgan fingerprint density at radius 1 is 1.00 bits per heavy atom. The van der Waals surface area contributed by atoms with E-state index in [9.17, 15) is 0 Å². The molecule has 2 aliphatic rings. The van der Waals surface area contributed by atoms with Gasteiger partial charge in [0.05, 0.1) is 5.52 Å². The minimum Gasteiger partial charge on any atom is -0.280 e. The Morgan fingerprint density at radius 3 is 2.63 bits per heavy atom. The highest BCUT2D eigenvalue weighted by Crippen LogP contribution is 2.68. The topological polar surface area (TPSA) is 46.5 Å². The van der Waals surface area contributed by atoms with E-state index in [1.165, 1.54) is 51.2 Å². The van der Waals surface area contributed by atoms with E-state index in [0.29, 0.717) is 5.92 Å². The molecule has 2 unspecified atom stereocenters. The van der Waals surface area contributed by atoms with Crippen LogP contribution in [0.4, 0.5) is 0 Å². The van der Waals surface area contributed by atoms with Crippen LogP contribution in [-0.2, 0) is 5.41 Å². The third-order valence-corrected chi connectivity index (χ3v) is 8.52. The summed E-state index contributed by atoms with van der Waals surface area (Å²) in [4.78, 5) is 4.82. The fourth-order valence-electron chi connectivity index (χ4n) is 6.46. The maximum atomic E-state index is 4.91. The van der Waals surface area contributed by atoms with Crippen LogP contribution in [0.15, 0.2) is 54.7 Å². The molecule has 5 aromatic rings. The molecule has 0 saturated heterocycles. The van der Waals surface area contributed by atoms with Crippen molar-refractivity contribution >= 4 is 32.7 Å². The number of fused-ring (bicyclic) bond motifs is 9. The van der Waals surface area contributed by atoms with Gasteiger partial charge in [0.1, 0.15) is 5.65 Å². The van der Waals surface area contributed by atoms with Crippen LogP contribution in [0.5, 0.6) is 0 Å². The quantitative estimate of drug-likeness (QED) is 0.367. The zero-order valence-electron chi connectivity index (χ0n) is 17.5. The first-order chi connectivity index (χ1) is 14.5. The molecule has 1 N–H and O–H groups in total. The molecule has 148 valence electrons. The minimum absolute atomic E-state index is 0.164. The Kier molecular flexibility index (Phi) is 2.84. The summed E-state index contributed by atoms with van der Waals surface area (Å²) in [5.74, 6) is 1.57. The Labute approximate surface area is 174 Å². The molecular formula is C26H24N4. The van der Waals surface area contributed by atoms with Crippen LogP contribution in [0, 0.1) is 5.41 Å². The van der Waals surface area contributed by atoms with Crippen molar-refractivity contribution in [1.29, 1.82) is 0 Å². The molecular weight excluding hydrogens is 368 g/mol. The van der Waals surface area contributed by atoms with Gasteiger partial charge in [0.15, 0.2) is 5.82 Å². The SMILES string of the molecule is CC12CCC(c3c(-n4c5cc6ccccc6cc5c5cccnc54)n[nH]c31)C2(C)C. The highest BCUT2D eigenvalue weighted by atomic mass is 15.2. The fourth-order valence-corrected chi connectivity index (χ4v) is 6.46. The summed E-state index contributed by atoms with van der Waals surface area (Å²) in [5, 5.41) is 13.3. The Hall–Kier alpha value is -3.14. The monoisotopic (exact) mass is 392 g/mol. The normalized spacial score (nSPS) is 24.3. The first-order valence-electron chi connectivity index (χ1n) is 10.9. The van der Waals surface area contributed by atoms with Gasteiger partial charge in [-0.15, -0.1) is 0 Å². The van der Waals surface area contributed by atoms with Crippen molar-refractivity contribution in [3.8, 4) is 5.82 Å². The first kappa shape index (κ1) is 16.6. The molecule has 1 fully saturated rings. The third-order valence-electron chi connectivity index (χ3n) is 8.52. The Bertz CT molecular complexity index is 1500. The molecule has 4 nitrogen and oxygen atoms in total. The van der Waals surface area contributed by atoms with Crippen LogP contribution in [0.2, 0.25) is 0 Å². The zero-order valence-corrected chi connectivity index (χ0v) is 17.5. The second kappa shape index (κ2) is 5.12. The lowest BCUT2D eigenvalue weighted by Crippen LogP contribution is -2.32. The van der Waals surface area contributed by atoms with E-state index in [0.717, 1.165) is 11.5 Å². The summed E-state index contributed by atoms with van der Waals surface area (Å²) in [6.07, 6.45) is 4.35. The van der Waals surface area contributed by atoms with Gasteiger partial charge in [0.25, 0.3) is 0 Å². The number of hydrogen-bond donors (Lipinski definition) is 1. The average Bonchev–Trinajstić information content (AvgIpc) is 3.42. The lowest BCUT2D eigenvalue weighted by atomic mass is 9.70. The van der Waals surface area contributed by atoms with Gasteiger partial charge in [0, 0.05) is 33.6 Å². The van der Waals surface area contributed by atoms with Gasteiger partial charge >= 0.3 is 0 Å². The molecule has 0 radical (unpaired) electrons. The number of nitrogens with one attached hydrogen (secondary N) is 1. The molecule has 7 rings (SSSR count). The second-order valence-corrected chi connectivity index (χ2v) is 9.91. The molecule has 0 amide bonds. The highest BCUT2D eigenvalue weighted by molar-refractivity contribution is 6.12. The van der Waals surface area contributed by atoms with E-state index in [1.54, 1.807) is 0 Å². The lowest BCUT2D eigenvalue weighted by molar-refractivity contribution is 0.225. The number of benzene rings is 2. The zero-order chi connectivity index (χ0) is 20.3. The van der Waals surface area contributed by atoms with Crippen LogP contribution < -0.4 is 0 Å². The summed E-state index contributed by atoms with van der Waals surface area (Å²) in [6.45, 7) is 7.28. The van der Waals surface area contributed by atoms with Crippen LogP contribution in [0.3, 0.4) is 0 Å². The van der Waals surface area contributed by atoms with Crippen molar-refractivity contribution < 1.29 is 0 Å². The number of nitrogens with zero attached hydrogens (tertiary/aromatic N) is 3. The van der Waals surface area contributed by atoms with Crippen molar-refractivity contribution in [2.45, 2.75) is 44.9 Å². The van der Waals surface area contributed by atoms with E-state index in [2.05, 4.69) is 72.9 Å². The number of pyridine rings is 1. The Morgan fingerprint density at radius 2 is 1.80 bits per heavy atom. The largest absolute Gasteiger partial charge is 0.280 e. The van der Waals surface area contributed by atoms with Crippen molar-refractivity contribution in [1.82, 2.24) is 19.7 Å². The first-order valence-corrected chi connectivity index (χ1v) is 10.9. The number of aromatic nitrogens is 4. The standard InChI is InChI=1S/C26H24N4/c1-25(2)19-10-11-26(25,3)22-21(19)24(29-28-22)30-20-14-16-8-5-4-7-15(16)13-18(20)17-9-6-12-27-23(17)30/h4-9,12-14,19H,10-11H2,1-3H3,(H,28,29). The van der Waals surface area contributed by atoms with Crippen molar-refractivity contribution in [2.24, 2.45) is 5.41 Å². The van der Waals surface area contributed by atoms with Gasteiger partial charge in [0.2, 0.25) is 0 Å². The van der Waals surface area contributed by atoms with E-state index in [4.69, 9.17) is 10.1 Å². The molecule has 1 saturated carbocycles. The summed E-state index contributed by atoms with van der Waals surface area (Å²) < 4.78 is 2.30. The van der Waals surface area contributed by atoms with Crippen LogP contribution in [0.25, 0.3) is 38.5 Å². The molecule has 2 aliphatic carbocycles. The fraction of sp³-hybridized carbons (Fsp3) is 0.308. The molecule has 0 aliphatic heterocycles. The molecule has 2 aromatic carbocycles. The minimum atomic E-state index is 0.164. The summed E-state index contributed by atoms with van der Waals surface area (Å²) in [5.41, 5.74) is 5.32. The van der Waals surface area contributed by atoms with E-state index in [-0.39, 0.29) is 10.8 Å². The third kappa shape index (κ3) is 1.71. The molecule has 2 bridgehead atoms. The predicted molar refractivity (Wildman–Crippen MR) is 121 cm³/mol. The smallest absolute Gasteiger partial charge is 0.164 e. The summed E-state index contributed by atoms with van der Waals surface area (Å²) >= 11 is 0. The van der Waals surface area contributed by atoms with Gasteiger partial charge < -0.3 is 0 Å². The van der Waals surface area contributed by atoms with E-state index >= 15 is 0 Å². The number of rotatable bonds is 1. The average molecular weight is 393 g/mol. The molecule has 4 heteroatoms. The maximum absolute atomic E-state index is 4.91. The second-order valence-electron chi connectivity index (χ2n) is 9.91. The number of hydrogen-bond acceptors (Lipinski definition) is 2. The van der Waals surface area contributed by atoms with Crippen molar-refractivity contribution in [2.75, 3.05) is 0 Å². The Balaban J connectivity index is 1.62. The van der Waals surface area contributed by atoms with Crippen molar-refractivity contribution in [3.05, 3.63) is 66.0 Å². The summed E-state index contributed by atoms with van der Waals surface area (Å²) in [6, 6.07) is 17.4. The molecule has 3 heterocycles. The highest BCUT2D eigenvalue weighted by Gasteiger charge is 2.61.